The van der Waals surface area contributed by atoms with Gasteiger partial charge in [-0.05, 0) is 71.1 Å². The van der Waals surface area contributed by atoms with Crippen molar-refractivity contribution in [3.63, 3.8) is 0 Å². The molecule has 0 heterocycles. The van der Waals surface area contributed by atoms with E-state index in [1.165, 1.54) is 77.0 Å². The highest BCUT2D eigenvalue weighted by atomic mass is 27.0. The van der Waals surface area contributed by atoms with Gasteiger partial charge in [-0.25, -0.2) is 0 Å². The van der Waals surface area contributed by atoms with E-state index in [0.29, 0.717) is 12.8 Å². The van der Waals surface area contributed by atoms with Crippen LogP contribution in [-0.4, -0.2) is 45.8 Å². The third kappa shape index (κ3) is 22.9. The van der Waals surface area contributed by atoms with Crippen LogP contribution in [0.25, 0.3) is 0 Å². The molecule has 0 radical (unpaired) electrons. The Morgan fingerprint density at radius 3 is 0.978 bits per heavy atom. The van der Waals surface area contributed by atoms with Crippen molar-refractivity contribution in [2.45, 2.75) is 201 Å². The van der Waals surface area contributed by atoms with Crippen molar-refractivity contribution < 1.29 is 24.3 Å². The van der Waals surface area contributed by atoms with Gasteiger partial charge >= 0.3 is 5.97 Å². The summed E-state index contributed by atoms with van der Waals surface area (Å²) in [6.07, 6.45) is 38.2. The average Bonchev–Trinajstić information content (AvgIpc) is 3.01. The Hall–Kier alpha value is -1.51. The van der Waals surface area contributed by atoms with E-state index < -0.39 is 28.7 Å². The minimum absolute atomic E-state index is 0. The molecule has 0 aromatic heterocycles. The molecule has 0 aliphatic heterocycles. The summed E-state index contributed by atoms with van der Waals surface area (Å²) in [7, 11) is 0. The molecule has 0 fully saturated rings. The summed E-state index contributed by atoms with van der Waals surface area (Å²) in [5.41, 5.74) is -2.53. The highest BCUT2D eigenvalue weighted by Crippen LogP contribution is 2.28. The molecule has 5 nitrogen and oxygen atoms in total. The summed E-state index contributed by atoms with van der Waals surface area (Å²) in [6, 6.07) is 0. The van der Waals surface area contributed by atoms with Crippen LogP contribution >= 0.6 is 0 Å². The summed E-state index contributed by atoms with van der Waals surface area (Å²) in [5.74, 6) is -3.94. The predicted octanol–water partition coefficient (Wildman–Crippen LogP) is 10.7. The summed E-state index contributed by atoms with van der Waals surface area (Å²) in [4.78, 5) is 50.8. The van der Waals surface area contributed by atoms with E-state index in [-0.39, 0.29) is 30.2 Å². The van der Waals surface area contributed by atoms with Crippen LogP contribution in [0.3, 0.4) is 0 Å². The van der Waals surface area contributed by atoms with E-state index >= 15 is 0 Å². The average molecular weight is 661 g/mol. The third-order valence-corrected chi connectivity index (χ3v) is 9.02. The van der Waals surface area contributed by atoms with Gasteiger partial charge in [-0.3, -0.25) is 19.2 Å². The number of carbonyl (C=O) groups is 4. The molecule has 0 saturated heterocycles. The van der Waals surface area contributed by atoms with Crippen LogP contribution in [0.5, 0.6) is 0 Å². The molecule has 266 valence electrons. The number of rotatable bonds is 34. The van der Waals surface area contributed by atoms with Gasteiger partial charge in [-0.1, -0.05) is 141 Å². The SMILES string of the molecule is CCCCCCCCC=CCCCCCCCC(=O)C(C(C)=O)(C(=O)O)C(=O)CCCCCCCC=CCCCCCCCC.[AlH3]. The molecule has 0 amide bonds. The van der Waals surface area contributed by atoms with Gasteiger partial charge in [0.25, 0.3) is 0 Å². The van der Waals surface area contributed by atoms with Crippen LogP contribution in [0.4, 0.5) is 0 Å². The molecule has 0 rings (SSSR count). The number of carboxylic acid groups (broad SMARTS) is 1. The van der Waals surface area contributed by atoms with Gasteiger partial charge in [0.15, 0.2) is 34.7 Å². The molecular weight excluding hydrogens is 587 g/mol. The maximum atomic E-state index is 13.0. The number of hydrogen-bond acceptors (Lipinski definition) is 4. The first-order valence-corrected chi connectivity index (χ1v) is 19.0. The molecule has 0 spiro atoms. The van der Waals surface area contributed by atoms with Crippen molar-refractivity contribution in [3.8, 4) is 0 Å². The molecule has 0 aliphatic rings. The summed E-state index contributed by atoms with van der Waals surface area (Å²) in [5, 5.41) is 9.91. The van der Waals surface area contributed by atoms with Crippen LogP contribution in [0.2, 0.25) is 0 Å². The van der Waals surface area contributed by atoms with E-state index in [4.69, 9.17) is 0 Å². The molecule has 46 heavy (non-hydrogen) atoms. The lowest BCUT2D eigenvalue weighted by Crippen LogP contribution is -2.51. The van der Waals surface area contributed by atoms with Gasteiger partial charge < -0.3 is 5.11 Å². The molecule has 0 aromatic carbocycles. The Labute approximate surface area is 294 Å². The lowest BCUT2D eigenvalue weighted by molar-refractivity contribution is -0.163. The largest absolute Gasteiger partial charge is 0.480 e. The lowest BCUT2D eigenvalue weighted by Gasteiger charge is -2.24. The van der Waals surface area contributed by atoms with E-state index in [0.717, 1.165) is 84.0 Å². The van der Waals surface area contributed by atoms with Crippen LogP contribution in [0.15, 0.2) is 24.3 Å². The number of aliphatic carboxylic acids is 1. The number of carbonyl (C=O) groups excluding carboxylic acids is 3. The quantitative estimate of drug-likeness (QED) is 0.0321. The van der Waals surface area contributed by atoms with Crippen molar-refractivity contribution in [1.82, 2.24) is 0 Å². The van der Waals surface area contributed by atoms with Gasteiger partial charge in [-0.2, -0.15) is 0 Å². The van der Waals surface area contributed by atoms with Gasteiger partial charge in [0.1, 0.15) is 0 Å². The topological polar surface area (TPSA) is 88.5 Å². The standard InChI is InChI=1S/C40H70O5.Al.3H/c1-4-6-8-10-12-14-16-18-20-22-24-26-28-30-32-34-37(42)40(36(3)41,39(44)45)38(43)35-33-31-29-27-25-23-21-19-17-15-13-11-9-7-5-2;;;;/h18-21H,4-17,22-35H2,1-3H3,(H,44,45);;;;. The molecule has 0 bridgehead atoms. The van der Waals surface area contributed by atoms with Crippen molar-refractivity contribution in [1.29, 1.82) is 0 Å². The minimum atomic E-state index is -2.53. The van der Waals surface area contributed by atoms with Crippen molar-refractivity contribution in [3.05, 3.63) is 24.3 Å². The number of hydrogen-bond donors (Lipinski definition) is 1. The van der Waals surface area contributed by atoms with E-state index in [1.807, 2.05) is 0 Å². The fourth-order valence-electron chi connectivity index (χ4n) is 6.02. The number of Topliss-reactive ketones (excluding diaryl/α,β-unsaturated/α-hetero) is 3. The van der Waals surface area contributed by atoms with Crippen LogP contribution in [0.1, 0.15) is 201 Å². The number of ketones is 3. The Morgan fingerprint density at radius 1 is 0.457 bits per heavy atom. The normalized spacial score (nSPS) is 12.8. The highest BCUT2D eigenvalue weighted by molar-refractivity contribution is 6.36. The van der Waals surface area contributed by atoms with Crippen molar-refractivity contribution in [2.75, 3.05) is 0 Å². The van der Waals surface area contributed by atoms with Gasteiger partial charge in [0.05, 0.1) is 0 Å². The van der Waals surface area contributed by atoms with Gasteiger partial charge in [0, 0.05) is 12.8 Å². The monoisotopic (exact) mass is 661 g/mol. The highest BCUT2D eigenvalue weighted by Gasteiger charge is 2.55. The first kappa shape index (κ1) is 46.6. The van der Waals surface area contributed by atoms with E-state index in [1.54, 1.807) is 0 Å². The molecule has 0 aromatic rings. The molecule has 0 aliphatic carbocycles. The zero-order valence-electron chi connectivity index (χ0n) is 29.7. The third-order valence-electron chi connectivity index (χ3n) is 9.02. The molecule has 0 unspecified atom stereocenters. The van der Waals surface area contributed by atoms with E-state index in [9.17, 15) is 24.3 Å². The Kier molecular flexibility index (Phi) is 33.8. The second kappa shape index (κ2) is 33.4. The fourth-order valence-corrected chi connectivity index (χ4v) is 6.02. The maximum absolute atomic E-state index is 13.0. The lowest BCUT2D eigenvalue weighted by atomic mass is 9.72. The summed E-state index contributed by atoms with van der Waals surface area (Å²) >= 11 is 0. The van der Waals surface area contributed by atoms with Gasteiger partial charge in [0.2, 0.25) is 5.41 Å². The number of carboxylic acids is 1. The smallest absolute Gasteiger partial charge is 0.332 e. The minimum Gasteiger partial charge on any atom is -0.480 e. The summed E-state index contributed by atoms with van der Waals surface area (Å²) in [6.45, 7) is 5.56. The zero-order valence-corrected chi connectivity index (χ0v) is 29.7. The molecule has 0 saturated carbocycles. The van der Waals surface area contributed by atoms with Crippen molar-refractivity contribution >= 4 is 40.7 Å². The first-order valence-electron chi connectivity index (χ1n) is 19.0. The fraction of sp³-hybridized carbons (Fsp3) is 0.800. The Morgan fingerprint density at radius 2 is 0.717 bits per heavy atom. The zero-order chi connectivity index (χ0) is 33.4. The molecule has 1 N–H and O–H groups in total. The van der Waals surface area contributed by atoms with Gasteiger partial charge in [-0.15, -0.1) is 0 Å². The van der Waals surface area contributed by atoms with Crippen molar-refractivity contribution in [2.24, 2.45) is 5.41 Å². The predicted molar refractivity (Wildman–Crippen MR) is 200 cm³/mol. The Balaban J connectivity index is 0. The Bertz CT molecular complexity index is 763. The van der Waals surface area contributed by atoms with Crippen LogP contribution < -0.4 is 0 Å². The second-order valence-corrected chi connectivity index (χ2v) is 13.1. The van der Waals surface area contributed by atoms with E-state index in [2.05, 4.69) is 38.2 Å². The second-order valence-electron chi connectivity index (χ2n) is 13.1. The molecule has 0 atom stereocenters. The molecular formula is C40H73AlO5. The first-order chi connectivity index (χ1) is 21.8. The number of allylic oxidation sites excluding steroid dienone is 4. The van der Waals surface area contributed by atoms with Crippen LogP contribution in [0, 0.1) is 5.41 Å². The maximum Gasteiger partial charge on any atom is 0.332 e. The molecule has 6 heteroatoms. The van der Waals surface area contributed by atoms with Crippen LogP contribution in [-0.2, 0) is 19.2 Å². The number of unbranched alkanes of at least 4 members (excludes halogenated alkanes) is 22. The summed E-state index contributed by atoms with van der Waals surface area (Å²) < 4.78 is 0.